The molecule has 1 aromatic rings. The van der Waals surface area contributed by atoms with Crippen LogP contribution in [-0.4, -0.2) is 17.8 Å². The van der Waals surface area contributed by atoms with Gasteiger partial charge in [-0.25, -0.2) is 0 Å². The number of benzene rings is 1. The van der Waals surface area contributed by atoms with Crippen molar-refractivity contribution in [3.8, 4) is 0 Å². The summed E-state index contributed by atoms with van der Waals surface area (Å²) in [5.74, 6) is -1.93. The Morgan fingerprint density at radius 1 is 1.31 bits per heavy atom. The average molecular weight is 308 g/mol. The molecule has 1 heterocycles. The molecular weight excluding hydrogens is 305 g/mol. The van der Waals surface area contributed by atoms with Gasteiger partial charge in [-0.15, -0.1) is 0 Å². The van der Waals surface area contributed by atoms with Gasteiger partial charge in [-0.1, -0.05) is 15.9 Å². The van der Waals surface area contributed by atoms with Crippen LogP contribution >= 0.6 is 15.9 Å². The van der Waals surface area contributed by atoms with E-state index in [1.54, 1.807) is 6.07 Å². The van der Waals surface area contributed by atoms with E-state index in [1.165, 1.54) is 12.1 Å². The molecule has 0 unspecified atom stereocenters. The van der Waals surface area contributed by atoms with Crippen LogP contribution in [0.15, 0.2) is 22.7 Å². The maximum Gasteiger partial charge on any atom is 1.00 e. The zero-order chi connectivity index (χ0) is 11.2. The monoisotopic (exact) mass is 307 g/mol. The number of halogens is 1. The molecule has 5 nitrogen and oxygen atoms in total. The van der Waals surface area contributed by atoms with Crippen LogP contribution in [0.4, 0.5) is 10.5 Å². The summed E-state index contributed by atoms with van der Waals surface area (Å²) in [7, 11) is 0. The van der Waals surface area contributed by atoms with Crippen LogP contribution in [0.2, 0.25) is 0 Å². The molecule has 1 aliphatic rings. The van der Waals surface area contributed by atoms with Gasteiger partial charge in [0, 0.05) is 4.47 Å². The van der Waals surface area contributed by atoms with E-state index in [4.69, 9.17) is 0 Å². The molecule has 0 aliphatic carbocycles. The van der Waals surface area contributed by atoms with E-state index >= 15 is 0 Å². The van der Waals surface area contributed by atoms with E-state index in [0.29, 0.717) is 9.37 Å². The van der Waals surface area contributed by atoms with Gasteiger partial charge in [0.15, 0.2) is 0 Å². The fraction of sp³-hybridized carbons (Fsp3) is 0. The Hall–Kier alpha value is -0.0536. The first kappa shape index (κ1) is 14.0. The second kappa shape index (κ2) is 5.07. The summed E-state index contributed by atoms with van der Waals surface area (Å²) in [4.78, 5) is 33.6. The van der Waals surface area contributed by atoms with Gasteiger partial charge >= 0.3 is 57.3 Å². The van der Waals surface area contributed by atoms with Crippen LogP contribution in [0.25, 0.3) is 0 Å². The van der Waals surface area contributed by atoms with Crippen molar-refractivity contribution in [2.75, 3.05) is 4.90 Å². The van der Waals surface area contributed by atoms with Gasteiger partial charge in [-0.3, -0.25) is 14.5 Å². The quantitative estimate of drug-likeness (QED) is 0.387. The zero-order valence-corrected chi connectivity index (χ0v) is 12.9. The summed E-state index contributed by atoms with van der Waals surface area (Å²) in [6.07, 6.45) is -1.70. The van der Waals surface area contributed by atoms with E-state index in [2.05, 4.69) is 15.9 Å². The number of carbonyl (C=O) groups is 3. The van der Waals surface area contributed by atoms with Crippen LogP contribution < -0.4 is 61.4 Å². The van der Waals surface area contributed by atoms with Crippen molar-refractivity contribution in [3.05, 3.63) is 28.2 Å². The van der Waals surface area contributed by atoms with Gasteiger partial charge in [0.25, 0.3) is 5.78 Å². The third-order valence-electron chi connectivity index (χ3n) is 2.02. The van der Waals surface area contributed by atoms with Gasteiger partial charge in [-0.2, -0.15) is 0 Å². The number of imide groups is 1. The standard InChI is InChI=1S/C9H4BrNO4.K/c10-4-1-2-6-5(3-4)7(12)8(13)11(6)9(14)15;/h1-3H,(H,14,15);/q;+1/p-1. The molecule has 0 fully saturated rings. The van der Waals surface area contributed by atoms with Crippen molar-refractivity contribution in [2.45, 2.75) is 0 Å². The van der Waals surface area contributed by atoms with E-state index in [0.717, 1.165) is 0 Å². The van der Waals surface area contributed by atoms with Crippen molar-refractivity contribution >= 4 is 39.4 Å². The molecule has 0 bridgehead atoms. The van der Waals surface area contributed by atoms with Crippen LogP contribution in [0.3, 0.4) is 0 Å². The number of fused-ring (bicyclic) bond motifs is 1. The average Bonchev–Trinajstić information content (AvgIpc) is 2.41. The Balaban J connectivity index is 0.00000128. The summed E-state index contributed by atoms with van der Waals surface area (Å²) in [5, 5.41) is 10.6. The number of anilines is 1. The molecule has 0 saturated heterocycles. The molecule has 1 aromatic carbocycles. The van der Waals surface area contributed by atoms with Crippen molar-refractivity contribution in [2.24, 2.45) is 0 Å². The predicted octanol–water partition coefficient (Wildman–Crippen LogP) is -2.67. The van der Waals surface area contributed by atoms with Crippen LogP contribution in [0.5, 0.6) is 0 Å². The predicted molar refractivity (Wildman–Crippen MR) is 51.4 cm³/mol. The number of nitrogens with zero attached hydrogens (tertiary/aromatic N) is 1. The van der Waals surface area contributed by atoms with E-state index in [9.17, 15) is 19.5 Å². The van der Waals surface area contributed by atoms with Gasteiger partial charge in [0.05, 0.1) is 11.3 Å². The summed E-state index contributed by atoms with van der Waals surface area (Å²) >= 11 is 3.12. The Bertz CT molecular complexity index is 502. The summed E-state index contributed by atoms with van der Waals surface area (Å²) in [5.41, 5.74) is 0.117. The minimum absolute atomic E-state index is 0. The molecule has 2 rings (SSSR count). The third-order valence-corrected chi connectivity index (χ3v) is 2.52. The third kappa shape index (κ3) is 2.15. The first-order valence-corrected chi connectivity index (χ1v) is 4.71. The number of amides is 2. The number of carbonyl (C=O) groups excluding carboxylic acids is 3. The second-order valence-corrected chi connectivity index (χ2v) is 3.81. The van der Waals surface area contributed by atoms with Gasteiger partial charge < -0.3 is 9.90 Å². The molecule has 0 atom stereocenters. The minimum Gasteiger partial charge on any atom is -0.529 e. The topological polar surface area (TPSA) is 77.5 Å². The van der Waals surface area contributed by atoms with Gasteiger partial charge in [-0.05, 0) is 18.2 Å². The van der Waals surface area contributed by atoms with Crippen molar-refractivity contribution in [1.29, 1.82) is 0 Å². The minimum atomic E-state index is -1.70. The first-order valence-electron chi connectivity index (χ1n) is 3.91. The maximum absolute atomic E-state index is 11.4. The molecule has 2 amide bonds. The molecule has 0 spiro atoms. The molecule has 0 N–H and O–H groups in total. The Morgan fingerprint density at radius 2 is 1.94 bits per heavy atom. The van der Waals surface area contributed by atoms with Crippen LogP contribution in [0, 0.1) is 0 Å². The Morgan fingerprint density at radius 3 is 2.50 bits per heavy atom. The fourth-order valence-electron chi connectivity index (χ4n) is 1.39. The number of Topliss-reactive ketones (excluding diaryl/α,β-unsaturated/α-hetero) is 1. The number of ketones is 1. The Kier molecular flexibility index (Phi) is 4.44. The summed E-state index contributed by atoms with van der Waals surface area (Å²) in [6, 6.07) is 4.32. The molecule has 0 saturated carbocycles. The molecule has 1 aliphatic heterocycles. The molecular formula is C9H3BrKNO4. The zero-order valence-electron chi connectivity index (χ0n) is 8.19. The first-order chi connectivity index (χ1) is 7.02. The maximum atomic E-state index is 11.4. The van der Waals surface area contributed by atoms with Crippen molar-refractivity contribution < 1.29 is 70.9 Å². The fourth-order valence-corrected chi connectivity index (χ4v) is 1.75. The molecule has 0 radical (unpaired) electrons. The van der Waals surface area contributed by atoms with Crippen LogP contribution in [-0.2, 0) is 4.79 Å². The number of hydrogen-bond acceptors (Lipinski definition) is 4. The SMILES string of the molecule is O=C1C(=O)N(C(=O)[O-])c2ccc(Br)cc21.[K+]. The van der Waals surface area contributed by atoms with Crippen LogP contribution in [0.1, 0.15) is 10.4 Å². The number of rotatable bonds is 0. The van der Waals surface area contributed by atoms with Crippen molar-refractivity contribution in [3.63, 3.8) is 0 Å². The largest absolute Gasteiger partial charge is 1.00 e. The summed E-state index contributed by atoms with van der Waals surface area (Å²) < 4.78 is 0.600. The molecule has 16 heavy (non-hydrogen) atoms. The van der Waals surface area contributed by atoms with E-state index in [1.807, 2.05) is 0 Å². The molecule has 76 valence electrons. The number of carboxylic acid groups (broad SMARTS) is 1. The normalized spacial score (nSPS) is 13.4. The Labute approximate surface area is 141 Å². The van der Waals surface area contributed by atoms with Gasteiger partial charge in [0.2, 0.25) is 0 Å². The van der Waals surface area contributed by atoms with E-state index < -0.39 is 17.8 Å². The van der Waals surface area contributed by atoms with Gasteiger partial charge in [0.1, 0.15) is 6.09 Å². The number of hydrogen-bond donors (Lipinski definition) is 0. The molecule has 7 heteroatoms. The van der Waals surface area contributed by atoms with Crippen molar-refractivity contribution in [1.82, 2.24) is 0 Å². The smallest absolute Gasteiger partial charge is 0.529 e. The van der Waals surface area contributed by atoms with E-state index in [-0.39, 0.29) is 62.6 Å². The summed E-state index contributed by atoms with van der Waals surface area (Å²) in [6.45, 7) is 0. The second-order valence-electron chi connectivity index (χ2n) is 2.90. The molecule has 0 aromatic heterocycles.